The molecule has 1 aromatic heterocycles. The van der Waals surface area contributed by atoms with E-state index in [2.05, 4.69) is 14.9 Å². The van der Waals surface area contributed by atoms with E-state index < -0.39 is 10.0 Å². The average Bonchev–Trinajstić information content (AvgIpc) is 2.47. The first-order valence-electron chi connectivity index (χ1n) is 5.62. The molecule has 0 spiro atoms. The zero-order valence-corrected chi connectivity index (χ0v) is 11.1. The summed E-state index contributed by atoms with van der Waals surface area (Å²) in [4.78, 5) is 6.45. The van der Waals surface area contributed by atoms with Crippen molar-refractivity contribution in [2.75, 3.05) is 0 Å². The summed E-state index contributed by atoms with van der Waals surface area (Å²) in [5, 5.41) is 3.86. The second-order valence-electron chi connectivity index (χ2n) is 3.82. The molecule has 0 aliphatic carbocycles. The first-order valence-corrected chi connectivity index (χ1v) is 7.10. The summed E-state index contributed by atoms with van der Waals surface area (Å²) in [6, 6.07) is 13.4. The lowest BCUT2D eigenvalue weighted by Crippen LogP contribution is -2.20. The third kappa shape index (κ3) is 3.38. The van der Waals surface area contributed by atoms with E-state index in [1.165, 1.54) is 12.1 Å². The smallest absolute Gasteiger partial charge is 0.255 e. The summed E-state index contributed by atoms with van der Waals surface area (Å²) in [7, 11) is -3.63. The van der Waals surface area contributed by atoms with Gasteiger partial charge in [-0.15, -0.1) is 0 Å². The maximum atomic E-state index is 11.9. The molecule has 98 valence electrons. The number of hydrogen-bond acceptors (Lipinski definition) is 4. The van der Waals surface area contributed by atoms with Crippen molar-refractivity contribution in [2.45, 2.75) is 11.8 Å². The molecule has 1 N–H and O–H groups in total. The Morgan fingerprint density at radius 3 is 2.42 bits per heavy atom. The molecule has 2 aromatic rings. The van der Waals surface area contributed by atoms with E-state index in [4.69, 9.17) is 0 Å². The monoisotopic (exact) mass is 275 g/mol. The Morgan fingerprint density at radius 1 is 1.11 bits per heavy atom. The minimum absolute atomic E-state index is 0.174. The molecular formula is C13H13N3O2S. The summed E-state index contributed by atoms with van der Waals surface area (Å²) in [6.07, 6.45) is 1.63. The lowest BCUT2D eigenvalue weighted by Gasteiger charge is -2.04. The van der Waals surface area contributed by atoms with Crippen molar-refractivity contribution in [3.05, 3.63) is 60.4 Å². The Balaban J connectivity index is 2.19. The molecule has 19 heavy (non-hydrogen) atoms. The van der Waals surface area contributed by atoms with Crippen LogP contribution in [0.2, 0.25) is 0 Å². The first-order chi connectivity index (χ1) is 9.09. The molecule has 0 aliphatic rings. The molecule has 0 saturated carbocycles. The number of nitrogens with zero attached hydrogens (tertiary/aromatic N) is 2. The van der Waals surface area contributed by atoms with E-state index in [9.17, 15) is 8.42 Å². The second-order valence-corrected chi connectivity index (χ2v) is 5.48. The molecule has 0 saturated heterocycles. The van der Waals surface area contributed by atoms with Crippen LogP contribution in [-0.4, -0.2) is 19.1 Å². The predicted octanol–water partition coefficient (Wildman–Crippen LogP) is 1.78. The van der Waals surface area contributed by atoms with Crippen molar-refractivity contribution >= 4 is 15.7 Å². The maximum absolute atomic E-state index is 11.9. The fourth-order valence-electron chi connectivity index (χ4n) is 1.41. The zero-order valence-electron chi connectivity index (χ0n) is 10.3. The number of hydrazone groups is 1. The lowest BCUT2D eigenvalue weighted by atomic mass is 10.3. The van der Waals surface area contributed by atoms with Crippen LogP contribution in [0.4, 0.5) is 0 Å². The van der Waals surface area contributed by atoms with Crippen LogP contribution in [0.15, 0.2) is 64.7 Å². The Labute approximate surface area is 112 Å². The van der Waals surface area contributed by atoms with Crippen LogP contribution in [0.1, 0.15) is 12.6 Å². The van der Waals surface area contributed by atoms with E-state index in [-0.39, 0.29) is 4.90 Å². The van der Waals surface area contributed by atoms with E-state index in [1.807, 2.05) is 6.07 Å². The van der Waals surface area contributed by atoms with Crippen molar-refractivity contribution in [2.24, 2.45) is 5.10 Å². The topological polar surface area (TPSA) is 71.4 Å². The Hall–Kier alpha value is -2.21. The molecule has 1 heterocycles. The van der Waals surface area contributed by atoms with Crippen molar-refractivity contribution in [1.82, 2.24) is 9.82 Å². The van der Waals surface area contributed by atoms with Gasteiger partial charge in [0.05, 0.1) is 16.3 Å². The fourth-order valence-corrected chi connectivity index (χ4v) is 2.29. The molecule has 0 aliphatic heterocycles. The molecular weight excluding hydrogens is 262 g/mol. The first kappa shape index (κ1) is 13.2. The molecule has 1 aromatic carbocycles. The van der Waals surface area contributed by atoms with Crippen molar-refractivity contribution in [1.29, 1.82) is 0 Å². The van der Waals surface area contributed by atoms with Crippen LogP contribution in [0.3, 0.4) is 0 Å². The maximum Gasteiger partial charge on any atom is 0.276 e. The highest BCUT2D eigenvalue weighted by atomic mass is 32.2. The van der Waals surface area contributed by atoms with Gasteiger partial charge in [-0.2, -0.15) is 18.4 Å². The number of rotatable bonds is 4. The quantitative estimate of drug-likeness (QED) is 0.683. The number of hydrogen-bond donors (Lipinski definition) is 1. The fraction of sp³-hybridized carbons (Fsp3) is 0.0769. The number of aromatic nitrogens is 1. The number of sulfonamides is 1. The highest BCUT2D eigenvalue weighted by molar-refractivity contribution is 7.89. The molecule has 0 fully saturated rings. The van der Waals surface area contributed by atoms with Gasteiger partial charge >= 0.3 is 0 Å². The molecule has 5 nitrogen and oxygen atoms in total. The van der Waals surface area contributed by atoms with Gasteiger partial charge < -0.3 is 0 Å². The van der Waals surface area contributed by atoms with Gasteiger partial charge in [-0.25, -0.2) is 0 Å². The van der Waals surface area contributed by atoms with Gasteiger partial charge in [0.1, 0.15) is 0 Å². The molecule has 0 amide bonds. The highest BCUT2D eigenvalue weighted by Crippen LogP contribution is 2.07. The summed E-state index contributed by atoms with van der Waals surface area (Å²) in [6.45, 7) is 1.69. The largest absolute Gasteiger partial charge is 0.276 e. The average molecular weight is 275 g/mol. The van der Waals surface area contributed by atoms with Gasteiger partial charge in [0.2, 0.25) is 0 Å². The van der Waals surface area contributed by atoms with Gasteiger partial charge in [-0.1, -0.05) is 24.3 Å². The Morgan fingerprint density at radius 2 is 1.79 bits per heavy atom. The van der Waals surface area contributed by atoms with Gasteiger partial charge in [0.25, 0.3) is 10.0 Å². The van der Waals surface area contributed by atoms with Crippen molar-refractivity contribution < 1.29 is 8.42 Å². The molecule has 0 atom stereocenters. The number of pyridine rings is 1. The third-order valence-corrected chi connectivity index (χ3v) is 3.65. The van der Waals surface area contributed by atoms with Crippen LogP contribution < -0.4 is 4.83 Å². The molecule has 0 radical (unpaired) electrons. The summed E-state index contributed by atoms with van der Waals surface area (Å²) in [5.74, 6) is 0. The van der Waals surface area contributed by atoms with Crippen LogP contribution in [0.5, 0.6) is 0 Å². The summed E-state index contributed by atoms with van der Waals surface area (Å²) in [5.41, 5.74) is 1.12. The van der Waals surface area contributed by atoms with E-state index >= 15 is 0 Å². The Bertz CT molecular complexity index is 668. The standard InChI is InChI=1S/C13H13N3O2S/c1-11(13-9-5-6-10-14-13)15-16-19(17,18)12-7-3-2-4-8-12/h2-10,16H,1H3/b15-11+. The predicted molar refractivity (Wildman–Crippen MR) is 73.2 cm³/mol. The minimum Gasteiger partial charge on any atom is -0.255 e. The van der Waals surface area contributed by atoms with E-state index in [1.54, 1.807) is 43.5 Å². The second kappa shape index (κ2) is 5.62. The SMILES string of the molecule is C/C(=N\NS(=O)(=O)c1ccccc1)c1ccccn1. The molecule has 6 heteroatoms. The minimum atomic E-state index is -3.63. The summed E-state index contributed by atoms with van der Waals surface area (Å²) >= 11 is 0. The van der Waals surface area contributed by atoms with Crippen molar-refractivity contribution in [3.8, 4) is 0 Å². The van der Waals surface area contributed by atoms with Crippen LogP contribution >= 0.6 is 0 Å². The van der Waals surface area contributed by atoms with Gasteiger partial charge in [-0.3, -0.25) is 4.98 Å². The van der Waals surface area contributed by atoms with E-state index in [0.717, 1.165) is 0 Å². The van der Waals surface area contributed by atoms with Gasteiger partial charge in [0.15, 0.2) is 0 Å². The third-order valence-electron chi connectivity index (χ3n) is 2.42. The lowest BCUT2D eigenvalue weighted by molar-refractivity contribution is 0.584. The van der Waals surface area contributed by atoms with E-state index in [0.29, 0.717) is 11.4 Å². The van der Waals surface area contributed by atoms with Crippen molar-refractivity contribution in [3.63, 3.8) is 0 Å². The molecule has 0 unspecified atom stereocenters. The summed E-state index contributed by atoms with van der Waals surface area (Å²) < 4.78 is 23.9. The van der Waals surface area contributed by atoms with Gasteiger partial charge in [0, 0.05) is 6.20 Å². The van der Waals surface area contributed by atoms with Crippen LogP contribution in [-0.2, 0) is 10.0 Å². The normalized spacial score (nSPS) is 12.2. The number of benzene rings is 1. The van der Waals surface area contributed by atoms with Crippen LogP contribution in [0.25, 0.3) is 0 Å². The van der Waals surface area contributed by atoms with Crippen LogP contribution in [0, 0.1) is 0 Å². The highest BCUT2D eigenvalue weighted by Gasteiger charge is 2.11. The zero-order chi connectivity index (χ0) is 13.7. The number of nitrogens with one attached hydrogen (secondary N) is 1. The molecule has 2 rings (SSSR count). The Kier molecular flexibility index (Phi) is 3.91. The van der Waals surface area contributed by atoms with Gasteiger partial charge in [-0.05, 0) is 31.2 Å². The molecule has 0 bridgehead atoms.